The first-order valence-electron chi connectivity index (χ1n) is 2.02. The number of hydrogen-bond donors (Lipinski definition) is 1. The molecule has 0 aliphatic rings. The average Bonchev–Trinajstić information content (AvgIpc) is 2.14. The number of hydrogen-bond acceptors (Lipinski definition) is 1. The van der Waals surface area contributed by atoms with Crippen LogP contribution < -0.4 is 5.73 Å². The lowest BCUT2D eigenvalue weighted by Gasteiger charge is -1.77. The number of nitrogens with zero attached hydrogens (tertiary/aromatic N) is 2. The third-order valence-electron chi connectivity index (χ3n) is 0.705. The van der Waals surface area contributed by atoms with Gasteiger partial charge < -0.3 is 4.98 Å². The minimum absolute atomic E-state index is 0.00694. The molecule has 0 aliphatic carbocycles. The highest BCUT2D eigenvalue weighted by Gasteiger charge is 1.84. The van der Waals surface area contributed by atoms with E-state index < -0.39 is 0 Å². The fourth-order valence-electron chi connectivity index (χ4n) is 0.384. The largest absolute Gasteiger partial charge is 0.347 e. The molecule has 36 valence electrons. The SMILES string of the molecule is [N]Cc1ncc[nH]1. The summed E-state index contributed by atoms with van der Waals surface area (Å²) in [5.74, 6) is 0.611. The molecule has 1 aromatic heterocycles. The predicted octanol–water partition coefficient (Wildman–Crippen LogP) is -0.0216. The van der Waals surface area contributed by atoms with Crippen molar-refractivity contribution < 1.29 is 0 Å². The van der Waals surface area contributed by atoms with Gasteiger partial charge in [0.05, 0.1) is 6.54 Å². The fourth-order valence-corrected chi connectivity index (χ4v) is 0.384. The summed E-state index contributed by atoms with van der Waals surface area (Å²) in [5.41, 5.74) is 8.33. The number of nitrogens with one attached hydrogen (secondary N) is 1. The first-order chi connectivity index (χ1) is 3.43. The summed E-state index contributed by atoms with van der Waals surface area (Å²) < 4.78 is 0. The smallest absolute Gasteiger partial charge is 0.123 e. The Kier molecular flexibility index (Phi) is 1.08. The highest BCUT2D eigenvalue weighted by molar-refractivity contribution is 4.84. The van der Waals surface area contributed by atoms with Crippen molar-refractivity contribution in [1.29, 1.82) is 0 Å². The highest BCUT2D eigenvalue weighted by Crippen LogP contribution is 1.82. The van der Waals surface area contributed by atoms with Gasteiger partial charge in [0.15, 0.2) is 0 Å². The number of imidazole rings is 1. The average molecular weight is 95.1 g/mol. The van der Waals surface area contributed by atoms with Crippen LogP contribution in [0.1, 0.15) is 5.82 Å². The molecule has 0 saturated carbocycles. The van der Waals surface area contributed by atoms with E-state index in [2.05, 4.69) is 9.97 Å². The zero-order valence-corrected chi connectivity index (χ0v) is 3.76. The Bertz CT molecular complexity index is 121. The van der Waals surface area contributed by atoms with Crippen LogP contribution in [0.25, 0.3) is 0 Å². The number of aromatic amines is 1. The van der Waals surface area contributed by atoms with Crippen LogP contribution in [-0.4, -0.2) is 9.97 Å². The first kappa shape index (κ1) is 4.33. The van der Waals surface area contributed by atoms with Crippen molar-refractivity contribution in [3.05, 3.63) is 18.2 Å². The summed E-state index contributed by atoms with van der Waals surface area (Å²) in [6.07, 6.45) is 3.27. The topological polar surface area (TPSA) is 51.0 Å². The van der Waals surface area contributed by atoms with Crippen molar-refractivity contribution in [3.8, 4) is 0 Å². The molecular formula is C4H5N3. The summed E-state index contributed by atoms with van der Waals surface area (Å²) in [6.45, 7) is -0.00694. The van der Waals surface area contributed by atoms with Crippen molar-refractivity contribution in [3.63, 3.8) is 0 Å². The maximum absolute atomic E-state index is 8.33. The number of H-pyrrole nitrogens is 1. The van der Waals surface area contributed by atoms with Crippen molar-refractivity contribution in [2.45, 2.75) is 6.54 Å². The molecule has 0 unspecified atom stereocenters. The fraction of sp³-hybridized carbons (Fsp3) is 0.250. The maximum atomic E-state index is 8.33. The van der Waals surface area contributed by atoms with Crippen LogP contribution in [0.2, 0.25) is 0 Å². The minimum Gasteiger partial charge on any atom is -0.347 e. The molecule has 0 atom stereocenters. The molecule has 1 aromatic rings. The Hall–Kier alpha value is -0.830. The van der Waals surface area contributed by atoms with Crippen LogP contribution in [0.4, 0.5) is 0 Å². The van der Waals surface area contributed by atoms with Gasteiger partial charge in [-0.3, -0.25) is 0 Å². The van der Waals surface area contributed by atoms with Crippen LogP contribution in [0, 0.1) is 0 Å². The molecule has 0 bridgehead atoms. The van der Waals surface area contributed by atoms with Crippen molar-refractivity contribution in [1.82, 2.24) is 15.7 Å². The van der Waals surface area contributed by atoms with E-state index in [4.69, 9.17) is 5.73 Å². The van der Waals surface area contributed by atoms with Gasteiger partial charge in [-0.2, -0.15) is 0 Å². The van der Waals surface area contributed by atoms with E-state index in [1.165, 1.54) is 0 Å². The van der Waals surface area contributed by atoms with Crippen LogP contribution in [0.5, 0.6) is 0 Å². The van der Waals surface area contributed by atoms with Gasteiger partial charge in [0.2, 0.25) is 0 Å². The molecule has 0 aliphatic heterocycles. The van der Waals surface area contributed by atoms with Crippen LogP contribution in [-0.2, 0) is 6.54 Å². The molecule has 1 heterocycles. The Morgan fingerprint density at radius 2 is 2.71 bits per heavy atom. The second-order valence-corrected chi connectivity index (χ2v) is 1.19. The molecular weight excluding hydrogens is 90.1 g/mol. The van der Waals surface area contributed by atoms with Gasteiger partial charge in [-0.15, -0.1) is 5.73 Å². The lowest BCUT2D eigenvalue weighted by molar-refractivity contribution is 0.922. The minimum atomic E-state index is -0.00694. The molecule has 1 N–H and O–H groups in total. The van der Waals surface area contributed by atoms with E-state index in [0.29, 0.717) is 5.82 Å². The molecule has 0 saturated heterocycles. The summed E-state index contributed by atoms with van der Waals surface area (Å²) in [4.78, 5) is 6.45. The third-order valence-corrected chi connectivity index (χ3v) is 0.705. The second-order valence-electron chi connectivity index (χ2n) is 1.19. The summed E-state index contributed by atoms with van der Waals surface area (Å²) in [7, 11) is 0. The maximum Gasteiger partial charge on any atom is 0.123 e. The summed E-state index contributed by atoms with van der Waals surface area (Å²) >= 11 is 0. The van der Waals surface area contributed by atoms with Crippen LogP contribution in [0.3, 0.4) is 0 Å². The van der Waals surface area contributed by atoms with Gasteiger partial charge >= 0.3 is 0 Å². The Labute approximate surface area is 41.6 Å². The number of aromatic nitrogens is 2. The third kappa shape index (κ3) is 0.778. The standard InChI is InChI=1S/C4H5N3/c5-3-4-6-1-2-7-4/h1-2H,3H2,(H,6,7). The van der Waals surface area contributed by atoms with Gasteiger partial charge in [-0.05, 0) is 0 Å². The number of rotatable bonds is 1. The van der Waals surface area contributed by atoms with E-state index in [1.54, 1.807) is 12.4 Å². The molecule has 7 heavy (non-hydrogen) atoms. The van der Waals surface area contributed by atoms with E-state index in [9.17, 15) is 0 Å². The van der Waals surface area contributed by atoms with Gasteiger partial charge in [-0.25, -0.2) is 4.98 Å². The van der Waals surface area contributed by atoms with E-state index in [1.807, 2.05) is 0 Å². The van der Waals surface area contributed by atoms with Crippen molar-refractivity contribution >= 4 is 0 Å². The van der Waals surface area contributed by atoms with Gasteiger partial charge in [0.25, 0.3) is 0 Å². The highest BCUT2D eigenvalue weighted by atomic mass is 14.9. The zero-order valence-electron chi connectivity index (χ0n) is 3.76. The molecule has 3 heteroatoms. The van der Waals surface area contributed by atoms with E-state index in [-0.39, 0.29) is 6.54 Å². The lowest BCUT2D eigenvalue weighted by Crippen LogP contribution is -1.84. The Morgan fingerprint density at radius 3 is 3.00 bits per heavy atom. The molecule has 3 nitrogen and oxygen atoms in total. The predicted molar refractivity (Wildman–Crippen MR) is 24.4 cm³/mol. The molecule has 0 amide bonds. The Morgan fingerprint density at radius 1 is 1.86 bits per heavy atom. The van der Waals surface area contributed by atoms with Gasteiger partial charge in [0, 0.05) is 12.4 Å². The molecule has 0 fully saturated rings. The molecule has 1 rings (SSSR count). The summed E-state index contributed by atoms with van der Waals surface area (Å²) in [5, 5.41) is 0. The normalized spacial score (nSPS) is 9.29. The quantitative estimate of drug-likeness (QED) is 0.523. The monoisotopic (exact) mass is 95.0 g/mol. The van der Waals surface area contributed by atoms with E-state index >= 15 is 0 Å². The van der Waals surface area contributed by atoms with Gasteiger partial charge in [-0.1, -0.05) is 0 Å². The second kappa shape index (κ2) is 1.75. The molecule has 0 spiro atoms. The molecule has 0 aromatic carbocycles. The molecule has 2 radical (unpaired) electrons. The zero-order chi connectivity index (χ0) is 5.11. The van der Waals surface area contributed by atoms with Crippen molar-refractivity contribution in [2.75, 3.05) is 0 Å². The van der Waals surface area contributed by atoms with Crippen molar-refractivity contribution in [2.24, 2.45) is 0 Å². The van der Waals surface area contributed by atoms with Gasteiger partial charge in [0.1, 0.15) is 5.82 Å². The Balaban J connectivity index is 2.76. The van der Waals surface area contributed by atoms with Crippen LogP contribution in [0.15, 0.2) is 12.4 Å². The van der Waals surface area contributed by atoms with E-state index in [0.717, 1.165) is 0 Å². The van der Waals surface area contributed by atoms with Crippen LogP contribution >= 0.6 is 0 Å². The summed E-state index contributed by atoms with van der Waals surface area (Å²) in [6, 6.07) is 0. The first-order valence-corrected chi connectivity index (χ1v) is 2.02. The lowest BCUT2D eigenvalue weighted by atomic mass is 10.6.